The number of ether oxygens (including phenoxy) is 1. The van der Waals surface area contributed by atoms with Crippen molar-refractivity contribution in [2.75, 3.05) is 6.54 Å². The fourth-order valence-corrected chi connectivity index (χ4v) is 2.15. The standard InChI is InChI=1S/C12H19NO2S/c1-9(2)15-11(14)13-8-12(3,4)10-6-5-7-16-10/h5-7,9H,8H2,1-4H3,(H,13,14). The van der Waals surface area contributed by atoms with Crippen LogP contribution in [0.25, 0.3) is 0 Å². The Morgan fingerprint density at radius 2 is 2.25 bits per heavy atom. The summed E-state index contributed by atoms with van der Waals surface area (Å²) in [7, 11) is 0. The van der Waals surface area contributed by atoms with Gasteiger partial charge in [0.15, 0.2) is 0 Å². The third-order valence-corrected chi connectivity index (χ3v) is 3.44. The molecule has 0 saturated carbocycles. The van der Waals surface area contributed by atoms with Gasteiger partial charge in [0.25, 0.3) is 0 Å². The van der Waals surface area contributed by atoms with Crippen molar-refractivity contribution >= 4 is 17.4 Å². The molecule has 0 radical (unpaired) electrons. The molecule has 0 aliphatic carbocycles. The Bertz CT molecular complexity index is 331. The van der Waals surface area contributed by atoms with Gasteiger partial charge in [0.05, 0.1) is 6.10 Å². The minimum Gasteiger partial charge on any atom is -0.447 e. The Morgan fingerprint density at radius 1 is 1.56 bits per heavy atom. The second kappa shape index (κ2) is 5.34. The first kappa shape index (κ1) is 13.0. The molecule has 0 aliphatic rings. The highest BCUT2D eigenvalue weighted by atomic mass is 32.1. The lowest BCUT2D eigenvalue weighted by molar-refractivity contribution is 0.114. The van der Waals surface area contributed by atoms with Gasteiger partial charge in [-0.3, -0.25) is 0 Å². The second-order valence-corrected chi connectivity index (χ2v) is 5.62. The van der Waals surface area contributed by atoms with E-state index in [-0.39, 0.29) is 17.6 Å². The lowest BCUT2D eigenvalue weighted by Gasteiger charge is -2.23. The van der Waals surface area contributed by atoms with E-state index in [2.05, 4.69) is 25.2 Å². The number of rotatable bonds is 4. The summed E-state index contributed by atoms with van der Waals surface area (Å²) >= 11 is 1.70. The predicted molar refractivity (Wildman–Crippen MR) is 67.0 cm³/mol. The molecule has 1 aromatic rings. The van der Waals surface area contributed by atoms with Crippen LogP contribution in [0.1, 0.15) is 32.6 Å². The number of hydrogen-bond acceptors (Lipinski definition) is 3. The van der Waals surface area contributed by atoms with Crippen LogP contribution in [0.5, 0.6) is 0 Å². The van der Waals surface area contributed by atoms with Crippen LogP contribution < -0.4 is 5.32 Å². The Kier molecular flexibility index (Phi) is 4.35. The van der Waals surface area contributed by atoms with Gasteiger partial charge >= 0.3 is 6.09 Å². The van der Waals surface area contributed by atoms with Crippen LogP contribution in [0.3, 0.4) is 0 Å². The summed E-state index contributed by atoms with van der Waals surface area (Å²) in [6.45, 7) is 8.47. The minimum atomic E-state index is -0.348. The maximum absolute atomic E-state index is 11.3. The zero-order valence-corrected chi connectivity index (χ0v) is 11.1. The van der Waals surface area contributed by atoms with Crippen molar-refractivity contribution in [2.24, 2.45) is 0 Å². The molecule has 3 nitrogen and oxygen atoms in total. The van der Waals surface area contributed by atoms with Gasteiger partial charge in [-0.1, -0.05) is 19.9 Å². The van der Waals surface area contributed by atoms with Gasteiger partial charge in [0, 0.05) is 16.8 Å². The van der Waals surface area contributed by atoms with Gasteiger partial charge in [0.2, 0.25) is 0 Å². The molecule has 0 saturated heterocycles. The minimum absolute atomic E-state index is 0.0514. The average molecular weight is 241 g/mol. The molecule has 0 spiro atoms. The molecule has 0 unspecified atom stereocenters. The van der Waals surface area contributed by atoms with E-state index < -0.39 is 0 Å². The van der Waals surface area contributed by atoms with Crippen LogP contribution in [0.15, 0.2) is 17.5 Å². The van der Waals surface area contributed by atoms with Crippen LogP contribution in [0.2, 0.25) is 0 Å². The van der Waals surface area contributed by atoms with Crippen molar-refractivity contribution in [3.63, 3.8) is 0 Å². The zero-order valence-electron chi connectivity index (χ0n) is 10.2. The zero-order chi connectivity index (χ0) is 12.2. The van der Waals surface area contributed by atoms with E-state index in [1.54, 1.807) is 11.3 Å². The summed E-state index contributed by atoms with van der Waals surface area (Å²) in [5, 5.41) is 4.83. The number of alkyl carbamates (subject to hydrolysis) is 1. The molecule has 1 N–H and O–H groups in total. The molecule has 90 valence electrons. The number of carbonyl (C=O) groups is 1. The molecular weight excluding hydrogens is 222 g/mol. The van der Waals surface area contributed by atoms with Gasteiger partial charge in [-0.05, 0) is 25.3 Å². The third kappa shape index (κ3) is 3.85. The molecule has 0 bridgehead atoms. The normalized spacial score (nSPS) is 11.6. The third-order valence-electron chi connectivity index (χ3n) is 2.21. The van der Waals surface area contributed by atoms with Gasteiger partial charge < -0.3 is 10.1 Å². The highest BCUT2D eigenvalue weighted by molar-refractivity contribution is 7.10. The molecule has 1 amide bonds. The van der Waals surface area contributed by atoms with Crippen molar-refractivity contribution in [2.45, 2.75) is 39.2 Å². The molecule has 16 heavy (non-hydrogen) atoms. The van der Waals surface area contributed by atoms with E-state index in [9.17, 15) is 4.79 Å². The van der Waals surface area contributed by atoms with Crippen LogP contribution in [-0.4, -0.2) is 18.7 Å². The largest absolute Gasteiger partial charge is 0.447 e. The highest BCUT2D eigenvalue weighted by Gasteiger charge is 2.22. The molecule has 1 heterocycles. The summed E-state index contributed by atoms with van der Waals surface area (Å²) in [4.78, 5) is 12.6. The monoisotopic (exact) mass is 241 g/mol. The van der Waals surface area contributed by atoms with Gasteiger partial charge in [-0.15, -0.1) is 11.3 Å². The summed E-state index contributed by atoms with van der Waals surface area (Å²) in [5.74, 6) is 0. The number of carbonyl (C=O) groups excluding carboxylic acids is 1. The molecule has 1 aromatic heterocycles. The van der Waals surface area contributed by atoms with Gasteiger partial charge in [0.1, 0.15) is 0 Å². The summed E-state index contributed by atoms with van der Waals surface area (Å²) in [5.41, 5.74) is -0.0514. The lowest BCUT2D eigenvalue weighted by Crippen LogP contribution is -2.37. The van der Waals surface area contributed by atoms with E-state index in [4.69, 9.17) is 4.74 Å². The van der Waals surface area contributed by atoms with E-state index in [0.29, 0.717) is 6.54 Å². The van der Waals surface area contributed by atoms with Crippen molar-refractivity contribution in [3.8, 4) is 0 Å². The summed E-state index contributed by atoms with van der Waals surface area (Å²) in [6, 6.07) is 4.11. The van der Waals surface area contributed by atoms with Crippen LogP contribution in [0, 0.1) is 0 Å². The Morgan fingerprint density at radius 3 is 2.75 bits per heavy atom. The highest BCUT2D eigenvalue weighted by Crippen LogP contribution is 2.26. The van der Waals surface area contributed by atoms with Crippen LogP contribution in [0.4, 0.5) is 4.79 Å². The van der Waals surface area contributed by atoms with E-state index in [1.165, 1.54) is 4.88 Å². The Balaban J connectivity index is 2.45. The molecule has 0 aliphatic heterocycles. The Labute approximate surface area is 101 Å². The van der Waals surface area contributed by atoms with Crippen LogP contribution >= 0.6 is 11.3 Å². The van der Waals surface area contributed by atoms with Crippen molar-refractivity contribution in [1.29, 1.82) is 0 Å². The smallest absolute Gasteiger partial charge is 0.407 e. The number of amides is 1. The van der Waals surface area contributed by atoms with Crippen LogP contribution in [-0.2, 0) is 10.2 Å². The van der Waals surface area contributed by atoms with E-state index in [1.807, 2.05) is 25.3 Å². The first-order chi connectivity index (χ1) is 7.42. The molecule has 0 fully saturated rings. The maximum atomic E-state index is 11.3. The quantitative estimate of drug-likeness (QED) is 0.879. The fourth-order valence-electron chi connectivity index (χ4n) is 1.30. The van der Waals surface area contributed by atoms with Gasteiger partial charge in [-0.2, -0.15) is 0 Å². The first-order valence-electron chi connectivity index (χ1n) is 5.40. The number of thiophene rings is 1. The number of hydrogen-bond donors (Lipinski definition) is 1. The second-order valence-electron chi connectivity index (χ2n) is 4.67. The maximum Gasteiger partial charge on any atom is 0.407 e. The van der Waals surface area contributed by atoms with Crippen molar-refractivity contribution in [3.05, 3.63) is 22.4 Å². The summed E-state index contributed by atoms with van der Waals surface area (Å²) < 4.78 is 5.02. The van der Waals surface area contributed by atoms with E-state index in [0.717, 1.165) is 0 Å². The fraction of sp³-hybridized carbons (Fsp3) is 0.583. The average Bonchev–Trinajstić information content (AvgIpc) is 2.67. The Hall–Kier alpha value is -1.03. The molecule has 4 heteroatoms. The molecule has 0 atom stereocenters. The summed E-state index contributed by atoms with van der Waals surface area (Å²) in [6.07, 6.45) is -0.426. The lowest BCUT2D eigenvalue weighted by atomic mass is 9.91. The SMILES string of the molecule is CC(C)OC(=O)NCC(C)(C)c1cccs1. The van der Waals surface area contributed by atoms with Gasteiger partial charge in [-0.25, -0.2) is 4.79 Å². The molecule has 1 rings (SSSR count). The van der Waals surface area contributed by atoms with E-state index >= 15 is 0 Å². The number of nitrogens with one attached hydrogen (secondary N) is 1. The predicted octanol–water partition coefficient (Wildman–Crippen LogP) is 3.16. The topological polar surface area (TPSA) is 38.3 Å². The van der Waals surface area contributed by atoms with Crippen molar-refractivity contribution < 1.29 is 9.53 Å². The van der Waals surface area contributed by atoms with Crippen molar-refractivity contribution in [1.82, 2.24) is 5.32 Å². The molecular formula is C12H19NO2S. The molecule has 0 aromatic carbocycles. The first-order valence-corrected chi connectivity index (χ1v) is 6.28.